The summed E-state index contributed by atoms with van der Waals surface area (Å²) in [6, 6.07) is 3.59. The molecule has 6 heteroatoms. The zero-order chi connectivity index (χ0) is 14.2. The van der Waals surface area contributed by atoms with Crippen LogP contribution in [0.5, 0.6) is 0 Å². The lowest BCUT2D eigenvalue weighted by Gasteiger charge is -2.23. The Bertz CT molecular complexity index is 539. The van der Waals surface area contributed by atoms with E-state index in [0.29, 0.717) is 0 Å². The standard InChI is InChI=1S/C13H15FN2O3/c1-13(15,7-5-6-7)12(19)16-10-8(11(17)18)3-2-4-9(10)14/h2-4,7H,5-6,15H2,1H3,(H,16,19)(H,17,18). The van der Waals surface area contributed by atoms with E-state index < -0.39 is 23.2 Å². The molecular formula is C13H15FN2O3. The molecular weight excluding hydrogens is 251 g/mol. The van der Waals surface area contributed by atoms with E-state index >= 15 is 0 Å². The molecule has 0 heterocycles. The Labute approximate surface area is 109 Å². The van der Waals surface area contributed by atoms with Crippen LogP contribution >= 0.6 is 0 Å². The molecule has 0 aromatic heterocycles. The number of carboxylic acids is 1. The summed E-state index contributed by atoms with van der Waals surface area (Å²) in [7, 11) is 0. The summed E-state index contributed by atoms with van der Waals surface area (Å²) in [6.07, 6.45) is 1.70. The number of halogens is 1. The Balaban J connectivity index is 2.28. The Morgan fingerprint density at radius 1 is 1.47 bits per heavy atom. The van der Waals surface area contributed by atoms with Gasteiger partial charge < -0.3 is 16.2 Å². The minimum Gasteiger partial charge on any atom is -0.478 e. The zero-order valence-electron chi connectivity index (χ0n) is 10.4. The van der Waals surface area contributed by atoms with E-state index in [1.54, 1.807) is 6.92 Å². The monoisotopic (exact) mass is 266 g/mol. The van der Waals surface area contributed by atoms with E-state index in [1.165, 1.54) is 12.1 Å². The molecule has 0 radical (unpaired) electrons. The van der Waals surface area contributed by atoms with Crippen molar-refractivity contribution in [1.29, 1.82) is 0 Å². The molecule has 1 aliphatic rings. The number of rotatable bonds is 4. The molecule has 19 heavy (non-hydrogen) atoms. The Hall–Kier alpha value is -1.95. The van der Waals surface area contributed by atoms with Gasteiger partial charge in [-0.3, -0.25) is 4.79 Å². The molecule has 1 unspecified atom stereocenters. The molecule has 1 aromatic carbocycles. The molecule has 0 saturated heterocycles. The average molecular weight is 266 g/mol. The van der Waals surface area contributed by atoms with Crippen molar-refractivity contribution in [1.82, 2.24) is 0 Å². The molecule has 5 nitrogen and oxygen atoms in total. The predicted octanol–water partition coefficient (Wildman–Crippen LogP) is 1.59. The number of hydrogen-bond donors (Lipinski definition) is 3. The van der Waals surface area contributed by atoms with Crippen LogP contribution in [0.2, 0.25) is 0 Å². The van der Waals surface area contributed by atoms with Gasteiger partial charge in [-0.2, -0.15) is 0 Å². The summed E-state index contributed by atoms with van der Waals surface area (Å²) >= 11 is 0. The number of nitrogens with one attached hydrogen (secondary N) is 1. The van der Waals surface area contributed by atoms with Gasteiger partial charge in [0.2, 0.25) is 5.91 Å². The number of hydrogen-bond acceptors (Lipinski definition) is 3. The minimum atomic E-state index is -1.31. The van der Waals surface area contributed by atoms with Gasteiger partial charge in [0.15, 0.2) is 0 Å². The second kappa shape index (κ2) is 4.62. The lowest BCUT2D eigenvalue weighted by atomic mass is 9.96. The van der Waals surface area contributed by atoms with Gasteiger partial charge in [-0.05, 0) is 37.8 Å². The first-order valence-electron chi connectivity index (χ1n) is 5.96. The number of aromatic carboxylic acids is 1. The Morgan fingerprint density at radius 2 is 2.11 bits per heavy atom. The highest BCUT2D eigenvalue weighted by molar-refractivity contribution is 6.03. The van der Waals surface area contributed by atoms with Crippen LogP contribution in [0, 0.1) is 11.7 Å². The fourth-order valence-corrected chi connectivity index (χ4v) is 1.95. The summed E-state index contributed by atoms with van der Waals surface area (Å²) < 4.78 is 13.7. The minimum absolute atomic E-state index is 0.0625. The molecule has 4 N–H and O–H groups in total. The molecule has 1 saturated carbocycles. The average Bonchev–Trinajstić information content (AvgIpc) is 3.15. The molecule has 102 valence electrons. The molecule has 1 atom stereocenters. The first-order valence-corrected chi connectivity index (χ1v) is 5.96. The fourth-order valence-electron chi connectivity index (χ4n) is 1.95. The van der Waals surface area contributed by atoms with Crippen LogP contribution < -0.4 is 11.1 Å². The van der Waals surface area contributed by atoms with Crippen molar-refractivity contribution in [3.63, 3.8) is 0 Å². The van der Waals surface area contributed by atoms with Gasteiger partial charge in [0.05, 0.1) is 16.8 Å². The molecule has 1 fully saturated rings. The fraction of sp³-hybridized carbons (Fsp3) is 0.385. The third kappa shape index (κ3) is 2.58. The van der Waals surface area contributed by atoms with Crippen molar-refractivity contribution >= 4 is 17.6 Å². The molecule has 1 amide bonds. The van der Waals surface area contributed by atoms with Gasteiger partial charge in [0, 0.05) is 0 Å². The van der Waals surface area contributed by atoms with Crippen LogP contribution in [0.4, 0.5) is 10.1 Å². The largest absolute Gasteiger partial charge is 0.478 e. The number of carbonyl (C=O) groups is 2. The van der Waals surface area contributed by atoms with E-state index in [9.17, 15) is 14.0 Å². The molecule has 0 spiro atoms. The van der Waals surface area contributed by atoms with Gasteiger partial charge in [0.25, 0.3) is 0 Å². The number of benzene rings is 1. The summed E-state index contributed by atoms with van der Waals surface area (Å²) in [4.78, 5) is 23.0. The lowest BCUT2D eigenvalue weighted by Crippen LogP contribution is -2.50. The number of carbonyl (C=O) groups excluding carboxylic acids is 1. The quantitative estimate of drug-likeness (QED) is 0.771. The van der Waals surface area contributed by atoms with Crippen molar-refractivity contribution in [3.05, 3.63) is 29.6 Å². The van der Waals surface area contributed by atoms with Crippen LogP contribution in [0.25, 0.3) is 0 Å². The van der Waals surface area contributed by atoms with Gasteiger partial charge in [0.1, 0.15) is 5.82 Å². The number of carboxylic acid groups (broad SMARTS) is 1. The zero-order valence-corrected chi connectivity index (χ0v) is 10.4. The van der Waals surface area contributed by atoms with Crippen molar-refractivity contribution in [3.8, 4) is 0 Å². The third-order valence-corrected chi connectivity index (χ3v) is 3.40. The molecule has 2 rings (SSSR count). The molecule has 1 aliphatic carbocycles. The van der Waals surface area contributed by atoms with Gasteiger partial charge >= 0.3 is 5.97 Å². The van der Waals surface area contributed by atoms with Crippen molar-refractivity contribution in [2.24, 2.45) is 11.7 Å². The van der Waals surface area contributed by atoms with Crippen LogP contribution in [-0.2, 0) is 4.79 Å². The van der Waals surface area contributed by atoms with E-state index in [-0.39, 0.29) is 17.2 Å². The SMILES string of the molecule is CC(N)(C(=O)Nc1c(F)cccc1C(=O)O)C1CC1. The van der Waals surface area contributed by atoms with Crippen LogP contribution in [-0.4, -0.2) is 22.5 Å². The van der Waals surface area contributed by atoms with Gasteiger partial charge in [-0.15, -0.1) is 0 Å². The topological polar surface area (TPSA) is 92.4 Å². The third-order valence-electron chi connectivity index (χ3n) is 3.40. The maximum atomic E-state index is 13.7. The van der Waals surface area contributed by atoms with E-state index in [0.717, 1.165) is 18.9 Å². The summed E-state index contributed by atoms with van der Waals surface area (Å²) in [6.45, 7) is 1.57. The smallest absolute Gasteiger partial charge is 0.337 e. The van der Waals surface area contributed by atoms with Crippen molar-refractivity contribution in [2.75, 3.05) is 5.32 Å². The Kier molecular flexibility index (Phi) is 3.28. The summed E-state index contributed by atoms with van der Waals surface area (Å²) in [5.74, 6) is -2.60. The lowest BCUT2D eigenvalue weighted by molar-refractivity contribution is -0.121. The van der Waals surface area contributed by atoms with E-state index in [1.807, 2.05) is 0 Å². The maximum absolute atomic E-state index is 13.7. The van der Waals surface area contributed by atoms with Gasteiger partial charge in [-0.1, -0.05) is 6.07 Å². The van der Waals surface area contributed by atoms with Crippen molar-refractivity contribution in [2.45, 2.75) is 25.3 Å². The number of para-hydroxylation sites is 1. The first-order chi connectivity index (χ1) is 8.84. The molecule has 0 aliphatic heterocycles. The maximum Gasteiger partial charge on any atom is 0.337 e. The van der Waals surface area contributed by atoms with Crippen LogP contribution in [0.15, 0.2) is 18.2 Å². The number of nitrogens with two attached hydrogens (primary N) is 1. The summed E-state index contributed by atoms with van der Waals surface area (Å²) in [5.41, 5.74) is 4.17. The highest BCUT2D eigenvalue weighted by Gasteiger charge is 2.44. The van der Waals surface area contributed by atoms with Crippen molar-refractivity contribution < 1.29 is 19.1 Å². The highest BCUT2D eigenvalue weighted by Crippen LogP contribution is 2.38. The van der Waals surface area contributed by atoms with Gasteiger partial charge in [-0.25, -0.2) is 9.18 Å². The molecule has 0 bridgehead atoms. The Morgan fingerprint density at radius 3 is 2.63 bits per heavy atom. The molecule has 1 aromatic rings. The second-order valence-electron chi connectivity index (χ2n) is 4.98. The highest BCUT2D eigenvalue weighted by atomic mass is 19.1. The summed E-state index contributed by atoms with van der Waals surface area (Å²) in [5, 5.41) is 11.3. The van der Waals surface area contributed by atoms with E-state index in [2.05, 4.69) is 5.32 Å². The number of amides is 1. The predicted molar refractivity (Wildman–Crippen MR) is 67.3 cm³/mol. The first kappa shape index (κ1) is 13.5. The van der Waals surface area contributed by atoms with Crippen LogP contribution in [0.3, 0.4) is 0 Å². The second-order valence-corrected chi connectivity index (χ2v) is 4.98. The van der Waals surface area contributed by atoms with E-state index in [4.69, 9.17) is 10.8 Å². The number of anilines is 1. The normalized spacial score (nSPS) is 17.6. The van der Waals surface area contributed by atoms with Crippen LogP contribution in [0.1, 0.15) is 30.1 Å².